The quantitative estimate of drug-likeness (QED) is 0.510. The van der Waals surface area contributed by atoms with Crippen LogP contribution in [-0.2, 0) is 0 Å². The summed E-state index contributed by atoms with van der Waals surface area (Å²) in [6, 6.07) is 6.98. The third-order valence-electron chi connectivity index (χ3n) is 4.20. The van der Waals surface area contributed by atoms with E-state index in [1.54, 1.807) is 6.21 Å². The number of fused-ring (bicyclic) bond motifs is 1. The Balaban J connectivity index is 2.38. The Morgan fingerprint density at radius 3 is 2.77 bits per heavy atom. The monoisotopic (exact) mass is 318 g/mol. The molecular formula is C17H26N4S. The fourth-order valence-electron chi connectivity index (χ4n) is 3.70. The summed E-state index contributed by atoms with van der Waals surface area (Å²) in [6.07, 6.45) is 2.90. The molecule has 0 amide bonds. The molecule has 0 bridgehead atoms. The molecule has 1 aliphatic rings. The molecule has 0 radical (unpaired) electrons. The van der Waals surface area contributed by atoms with Gasteiger partial charge in [-0.15, -0.1) is 0 Å². The minimum atomic E-state index is 0.170. The highest BCUT2D eigenvalue weighted by molar-refractivity contribution is 7.80. The molecule has 1 atom stereocenters. The van der Waals surface area contributed by atoms with Crippen LogP contribution in [-0.4, -0.2) is 22.9 Å². The molecule has 0 fully saturated rings. The number of benzene rings is 1. The van der Waals surface area contributed by atoms with Gasteiger partial charge in [0.15, 0.2) is 5.11 Å². The van der Waals surface area contributed by atoms with Gasteiger partial charge >= 0.3 is 0 Å². The van der Waals surface area contributed by atoms with E-state index >= 15 is 0 Å². The van der Waals surface area contributed by atoms with Crippen molar-refractivity contribution < 1.29 is 0 Å². The average Bonchev–Trinajstić information content (AvgIpc) is 2.37. The number of thiocarbonyl (C=S) groups is 1. The lowest BCUT2D eigenvalue weighted by molar-refractivity contribution is 0.356. The second kappa shape index (κ2) is 6.24. The summed E-state index contributed by atoms with van der Waals surface area (Å²) in [6.45, 7) is 11.5. The summed E-state index contributed by atoms with van der Waals surface area (Å²) in [4.78, 5) is 2.52. The third kappa shape index (κ3) is 3.40. The lowest BCUT2D eigenvalue weighted by Gasteiger charge is -2.50. The van der Waals surface area contributed by atoms with Crippen LogP contribution in [0.5, 0.6) is 0 Å². The Kier molecular flexibility index (Phi) is 4.75. The van der Waals surface area contributed by atoms with Crippen molar-refractivity contribution >= 4 is 29.2 Å². The first kappa shape index (κ1) is 16.7. The first-order valence-corrected chi connectivity index (χ1v) is 8.15. The second-order valence-corrected chi connectivity index (χ2v) is 7.37. The van der Waals surface area contributed by atoms with Crippen molar-refractivity contribution in [2.24, 2.45) is 10.8 Å². The van der Waals surface area contributed by atoms with Gasteiger partial charge in [-0.05, 0) is 75.5 Å². The molecule has 4 nitrogen and oxygen atoms in total. The van der Waals surface area contributed by atoms with Crippen molar-refractivity contribution in [2.75, 3.05) is 4.90 Å². The summed E-state index contributed by atoms with van der Waals surface area (Å²) < 4.78 is 0. The Morgan fingerprint density at radius 2 is 2.18 bits per heavy atom. The second-order valence-electron chi connectivity index (χ2n) is 6.93. The van der Waals surface area contributed by atoms with Gasteiger partial charge in [0.2, 0.25) is 0 Å². The minimum absolute atomic E-state index is 0.170. The first-order chi connectivity index (χ1) is 10.2. The zero-order valence-electron chi connectivity index (χ0n) is 14.1. The van der Waals surface area contributed by atoms with Crippen LogP contribution in [0.3, 0.4) is 0 Å². The summed E-state index contributed by atoms with van der Waals surface area (Å²) in [5, 5.41) is 4.22. The topological polar surface area (TPSA) is 53.6 Å². The molecule has 1 aliphatic heterocycles. The molecule has 0 saturated carbocycles. The Morgan fingerprint density at radius 1 is 1.50 bits per heavy atom. The number of anilines is 1. The molecule has 0 unspecified atom stereocenters. The summed E-state index contributed by atoms with van der Waals surface area (Å²) in [5.41, 5.74) is 11.9. The number of hydrazone groups is 1. The lowest BCUT2D eigenvalue weighted by Crippen LogP contribution is -2.51. The van der Waals surface area contributed by atoms with Crippen LogP contribution in [0.2, 0.25) is 0 Å². The zero-order valence-corrected chi connectivity index (χ0v) is 14.9. The van der Waals surface area contributed by atoms with Crippen molar-refractivity contribution in [3.8, 4) is 0 Å². The smallest absolute Gasteiger partial charge is 0.184 e. The zero-order chi connectivity index (χ0) is 16.5. The Hall–Kier alpha value is -1.62. The number of nitrogens with zero attached hydrogens (tertiary/aromatic N) is 2. The standard InChI is InChI=1S/C17H26N4S/c1-11(2)21-15-7-6-13(10-19-20-16(18)22)8-14(15)12(3)9-17(21,4)5/h6-8,10-12H,9H2,1-5H3,(H3,18,20,22)/b19-10-/t12-/m0/s1. The van der Waals surface area contributed by atoms with Gasteiger partial charge in [-0.25, -0.2) is 0 Å². The summed E-state index contributed by atoms with van der Waals surface area (Å²) in [7, 11) is 0. The van der Waals surface area contributed by atoms with Crippen molar-refractivity contribution in [1.29, 1.82) is 0 Å². The maximum atomic E-state index is 5.37. The van der Waals surface area contributed by atoms with E-state index in [9.17, 15) is 0 Å². The molecule has 5 heteroatoms. The van der Waals surface area contributed by atoms with Gasteiger partial charge < -0.3 is 10.6 Å². The molecule has 0 aromatic heterocycles. The van der Waals surface area contributed by atoms with Crippen molar-refractivity contribution in [3.05, 3.63) is 29.3 Å². The highest BCUT2D eigenvalue weighted by atomic mass is 32.1. The Labute approximate surface area is 138 Å². The van der Waals surface area contributed by atoms with Crippen molar-refractivity contribution in [3.63, 3.8) is 0 Å². The van der Waals surface area contributed by atoms with Crippen LogP contribution < -0.4 is 16.1 Å². The minimum Gasteiger partial charge on any atom is -0.375 e. The molecule has 22 heavy (non-hydrogen) atoms. The van der Waals surface area contributed by atoms with E-state index in [1.165, 1.54) is 11.3 Å². The third-order valence-corrected chi connectivity index (χ3v) is 4.30. The molecule has 1 aromatic carbocycles. The first-order valence-electron chi connectivity index (χ1n) is 7.74. The average molecular weight is 318 g/mol. The van der Waals surface area contributed by atoms with E-state index in [2.05, 4.69) is 68.2 Å². The van der Waals surface area contributed by atoms with E-state index in [-0.39, 0.29) is 10.7 Å². The predicted octanol–water partition coefficient (Wildman–Crippen LogP) is 3.35. The normalized spacial score (nSPS) is 20.3. The number of nitrogens with one attached hydrogen (secondary N) is 1. The van der Waals surface area contributed by atoms with Gasteiger partial charge in [0.05, 0.1) is 6.21 Å². The summed E-state index contributed by atoms with van der Waals surface area (Å²) >= 11 is 4.74. The molecule has 0 saturated heterocycles. The van der Waals surface area contributed by atoms with Gasteiger partial charge in [0.25, 0.3) is 0 Å². The van der Waals surface area contributed by atoms with Gasteiger partial charge in [-0.1, -0.05) is 13.0 Å². The van der Waals surface area contributed by atoms with Gasteiger partial charge in [0.1, 0.15) is 0 Å². The van der Waals surface area contributed by atoms with Gasteiger partial charge in [-0.2, -0.15) is 5.10 Å². The molecule has 2 rings (SSSR count). The van der Waals surface area contributed by atoms with Crippen molar-refractivity contribution in [1.82, 2.24) is 5.43 Å². The molecular weight excluding hydrogens is 292 g/mol. The number of nitrogens with two attached hydrogens (primary N) is 1. The number of rotatable bonds is 3. The van der Waals surface area contributed by atoms with Crippen LogP contribution >= 0.6 is 12.2 Å². The predicted molar refractivity (Wildman–Crippen MR) is 98.7 cm³/mol. The van der Waals surface area contributed by atoms with Crippen LogP contribution in [0.15, 0.2) is 23.3 Å². The lowest BCUT2D eigenvalue weighted by atomic mass is 9.79. The fourth-order valence-corrected chi connectivity index (χ4v) is 3.75. The molecule has 1 aromatic rings. The number of hydrogen-bond acceptors (Lipinski definition) is 3. The van der Waals surface area contributed by atoms with Gasteiger partial charge in [0, 0.05) is 17.3 Å². The molecule has 0 aliphatic carbocycles. The molecule has 1 heterocycles. The van der Waals surface area contributed by atoms with E-state index in [1.807, 2.05) is 0 Å². The highest BCUT2D eigenvalue weighted by Gasteiger charge is 2.37. The van der Waals surface area contributed by atoms with E-state index in [4.69, 9.17) is 18.0 Å². The molecule has 3 N–H and O–H groups in total. The largest absolute Gasteiger partial charge is 0.375 e. The van der Waals surface area contributed by atoms with E-state index in [0.29, 0.717) is 12.0 Å². The van der Waals surface area contributed by atoms with E-state index < -0.39 is 0 Å². The SMILES string of the molecule is CC(C)N1c2ccc(/C=N\NC(N)=S)cc2[C@@H](C)CC1(C)C. The molecule has 0 spiro atoms. The molecule has 120 valence electrons. The maximum absolute atomic E-state index is 5.37. The maximum Gasteiger partial charge on any atom is 0.184 e. The fraction of sp³-hybridized carbons (Fsp3) is 0.529. The van der Waals surface area contributed by atoms with E-state index in [0.717, 1.165) is 12.0 Å². The van der Waals surface area contributed by atoms with Crippen LogP contribution in [0.1, 0.15) is 58.1 Å². The van der Waals surface area contributed by atoms with Crippen LogP contribution in [0, 0.1) is 0 Å². The number of hydrogen-bond donors (Lipinski definition) is 2. The van der Waals surface area contributed by atoms with Crippen molar-refractivity contribution in [2.45, 2.75) is 58.5 Å². The van der Waals surface area contributed by atoms with Crippen LogP contribution in [0.25, 0.3) is 0 Å². The van der Waals surface area contributed by atoms with Crippen LogP contribution in [0.4, 0.5) is 5.69 Å². The highest BCUT2D eigenvalue weighted by Crippen LogP contribution is 2.44. The summed E-state index contributed by atoms with van der Waals surface area (Å²) in [5.74, 6) is 0.525. The van der Waals surface area contributed by atoms with Gasteiger partial charge in [-0.3, -0.25) is 5.43 Å². The Bertz CT molecular complexity index is 592.